The molecule has 1 N–H and O–H groups in total. The van der Waals surface area contributed by atoms with E-state index in [1.807, 2.05) is 6.08 Å². The number of allylic oxidation sites excluding steroid dienone is 1. The van der Waals surface area contributed by atoms with Gasteiger partial charge in [-0.1, -0.05) is 12.5 Å². The van der Waals surface area contributed by atoms with Crippen LogP contribution in [0.2, 0.25) is 0 Å². The number of hydrogen-bond acceptors (Lipinski definition) is 3. The van der Waals surface area contributed by atoms with Crippen LogP contribution in [0.3, 0.4) is 0 Å². The molecular weight excluding hydrogens is 238 g/mol. The van der Waals surface area contributed by atoms with E-state index in [0.29, 0.717) is 11.7 Å². The van der Waals surface area contributed by atoms with Crippen LogP contribution in [0.25, 0.3) is 0 Å². The van der Waals surface area contributed by atoms with Gasteiger partial charge in [0.25, 0.3) is 0 Å². The van der Waals surface area contributed by atoms with E-state index in [-0.39, 0.29) is 11.3 Å². The van der Waals surface area contributed by atoms with Crippen molar-refractivity contribution in [2.75, 3.05) is 13.1 Å². The number of nitrogens with zero attached hydrogens (tertiary/aromatic N) is 1. The van der Waals surface area contributed by atoms with Gasteiger partial charge in [0.05, 0.1) is 0 Å². The summed E-state index contributed by atoms with van der Waals surface area (Å²) in [4.78, 5) is 14.7. The number of piperidine rings is 1. The van der Waals surface area contributed by atoms with Gasteiger partial charge in [0.2, 0.25) is 0 Å². The maximum atomic E-state index is 12.4. The highest BCUT2D eigenvalue weighted by molar-refractivity contribution is 5.97. The van der Waals surface area contributed by atoms with E-state index >= 15 is 0 Å². The van der Waals surface area contributed by atoms with Crippen molar-refractivity contribution in [3.8, 4) is 0 Å². The lowest BCUT2D eigenvalue weighted by Gasteiger charge is -2.60. The van der Waals surface area contributed by atoms with Gasteiger partial charge in [-0.2, -0.15) is 0 Å². The maximum Gasteiger partial charge on any atom is 0.159 e. The third kappa shape index (κ3) is 1.28. The number of ketones is 1. The Hall–Kier alpha value is -0.670. The molecule has 2 aliphatic carbocycles. The van der Waals surface area contributed by atoms with Crippen LogP contribution in [-0.4, -0.2) is 34.6 Å². The van der Waals surface area contributed by atoms with Gasteiger partial charge in [-0.25, -0.2) is 0 Å². The molecule has 1 spiro atoms. The Bertz CT molecular complexity index is 471. The first kappa shape index (κ1) is 12.1. The van der Waals surface area contributed by atoms with E-state index in [2.05, 4.69) is 11.8 Å². The second kappa shape index (κ2) is 3.70. The second-order valence-electron chi connectivity index (χ2n) is 7.16. The van der Waals surface area contributed by atoms with Gasteiger partial charge in [-0.15, -0.1) is 0 Å². The number of carbonyl (C=O) groups excluding carboxylic acids is 1. The molecule has 0 amide bonds. The van der Waals surface area contributed by atoms with Crippen LogP contribution in [0.1, 0.15) is 45.4 Å². The van der Waals surface area contributed by atoms with Gasteiger partial charge >= 0.3 is 0 Å². The van der Waals surface area contributed by atoms with Crippen LogP contribution in [0.4, 0.5) is 0 Å². The molecule has 1 unspecified atom stereocenters. The summed E-state index contributed by atoms with van der Waals surface area (Å²) in [6.07, 6.45) is 7.90. The number of carbonyl (C=O) groups is 1. The number of hydrogen-bond donors (Lipinski definition) is 1. The highest BCUT2D eigenvalue weighted by Crippen LogP contribution is 2.64. The fraction of sp³-hybridized carbons (Fsp3) is 0.812. The summed E-state index contributed by atoms with van der Waals surface area (Å²) < 4.78 is 0. The van der Waals surface area contributed by atoms with E-state index < -0.39 is 5.72 Å². The van der Waals surface area contributed by atoms with Gasteiger partial charge in [0.1, 0.15) is 5.72 Å². The van der Waals surface area contributed by atoms with Gasteiger partial charge in [0.15, 0.2) is 5.78 Å². The molecule has 0 aromatic carbocycles. The predicted octanol–water partition coefficient (Wildman–Crippen LogP) is 2.11. The third-order valence-corrected chi connectivity index (χ3v) is 6.19. The van der Waals surface area contributed by atoms with E-state index in [1.54, 1.807) is 0 Å². The summed E-state index contributed by atoms with van der Waals surface area (Å²) in [5, 5.41) is 11.5. The van der Waals surface area contributed by atoms with Crippen LogP contribution >= 0.6 is 0 Å². The zero-order valence-corrected chi connectivity index (χ0v) is 11.7. The molecule has 2 heterocycles. The maximum absolute atomic E-state index is 12.4. The van der Waals surface area contributed by atoms with Crippen molar-refractivity contribution in [2.45, 2.75) is 51.2 Å². The Morgan fingerprint density at radius 2 is 2.16 bits per heavy atom. The summed E-state index contributed by atoms with van der Waals surface area (Å²) in [6, 6.07) is 0. The number of rotatable bonds is 0. The molecule has 2 bridgehead atoms. The highest BCUT2D eigenvalue weighted by atomic mass is 16.3. The van der Waals surface area contributed by atoms with Crippen molar-refractivity contribution >= 4 is 5.78 Å². The monoisotopic (exact) mass is 261 g/mol. The van der Waals surface area contributed by atoms with Crippen LogP contribution in [-0.2, 0) is 4.79 Å². The third-order valence-electron chi connectivity index (χ3n) is 6.19. The molecule has 3 fully saturated rings. The number of aliphatic hydroxyl groups is 1. The molecule has 2 saturated heterocycles. The van der Waals surface area contributed by atoms with E-state index in [4.69, 9.17) is 0 Å². The first-order valence-corrected chi connectivity index (χ1v) is 7.80. The fourth-order valence-electron chi connectivity index (χ4n) is 5.61. The predicted molar refractivity (Wildman–Crippen MR) is 72.4 cm³/mol. The summed E-state index contributed by atoms with van der Waals surface area (Å²) in [7, 11) is 0. The largest absolute Gasteiger partial charge is 0.375 e. The Morgan fingerprint density at radius 3 is 3.00 bits per heavy atom. The average molecular weight is 261 g/mol. The van der Waals surface area contributed by atoms with Crippen molar-refractivity contribution < 1.29 is 9.90 Å². The van der Waals surface area contributed by atoms with Crippen LogP contribution < -0.4 is 0 Å². The van der Waals surface area contributed by atoms with Crippen LogP contribution in [0.15, 0.2) is 11.6 Å². The summed E-state index contributed by atoms with van der Waals surface area (Å²) in [5.41, 5.74) is 0.295. The minimum atomic E-state index is -0.748. The quantitative estimate of drug-likeness (QED) is 0.726. The minimum absolute atomic E-state index is 0.0605. The Balaban J connectivity index is 1.93. The first-order chi connectivity index (χ1) is 9.08. The average Bonchev–Trinajstić information content (AvgIpc) is 2.59. The van der Waals surface area contributed by atoms with Gasteiger partial charge in [-0.05, 0) is 50.5 Å². The summed E-state index contributed by atoms with van der Waals surface area (Å²) in [6.45, 7) is 4.17. The molecule has 0 aromatic heterocycles. The molecule has 104 valence electrons. The van der Waals surface area contributed by atoms with Crippen molar-refractivity contribution in [2.24, 2.45) is 17.3 Å². The van der Waals surface area contributed by atoms with Crippen LogP contribution in [0.5, 0.6) is 0 Å². The van der Waals surface area contributed by atoms with Crippen LogP contribution in [0, 0.1) is 17.3 Å². The van der Waals surface area contributed by atoms with E-state index in [1.165, 1.54) is 5.57 Å². The zero-order chi connectivity index (χ0) is 13.3. The van der Waals surface area contributed by atoms with Crippen molar-refractivity contribution in [1.29, 1.82) is 0 Å². The molecule has 4 rings (SSSR count). The lowest BCUT2D eigenvalue weighted by molar-refractivity contribution is -0.230. The Morgan fingerprint density at radius 1 is 1.37 bits per heavy atom. The van der Waals surface area contributed by atoms with E-state index in [0.717, 1.165) is 51.6 Å². The molecule has 2 aliphatic heterocycles. The smallest absolute Gasteiger partial charge is 0.159 e. The van der Waals surface area contributed by atoms with Crippen molar-refractivity contribution in [3.05, 3.63) is 11.6 Å². The Labute approximate surface area is 114 Å². The molecule has 5 atom stereocenters. The van der Waals surface area contributed by atoms with E-state index in [9.17, 15) is 9.90 Å². The first-order valence-electron chi connectivity index (χ1n) is 7.80. The van der Waals surface area contributed by atoms with Gasteiger partial charge in [-0.3, -0.25) is 9.69 Å². The normalized spacial score (nSPS) is 52.4. The van der Waals surface area contributed by atoms with Crippen molar-refractivity contribution in [3.63, 3.8) is 0 Å². The SMILES string of the molecule is C[C@@H]1CC2=CC(=O)[C@H]3CCCN4CCC[C@]23[C@@]4(O)C1. The fourth-order valence-corrected chi connectivity index (χ4v) is 5.61. The molecule has 1 saturated carbocycles. The lowest BCUT2D eigenvalue weighted by atomic mass is 9.54. The molecule has 3 nitrogen and oxygen atoms in total. The van der Waals surface area contributed by atoms with Gasteiger partial charge in [0, 0.05) is 24.4 Å². The highest BCUT2D eigenvalue weighted by Gasteiger charge is 2.67. The second-order valence-corrected chi connectivity index (χ2v) is 7.16. The molecule has 0 aromatic rings. The molecule has 19 heavy (non-hydrogen) atoms. The lowest BCUT2D eigenvalue weighted by Crippen LogP contribution is -2.67. The topological polar surface area (TPSA) is 40.5 Å². The molecular formula is C16H23NO2. The molecule has 0 radical (unpaired) electrons. The van der Waals surface area contributed by atoms with Gasteiger partial charge < -0.3 is 5.11 Å². The zero-order valence-electron chi connectivity index (χ0n) is 11.7. The standard InChI is InChI=1S/C16H23NO2/c1-11-8-12-9-14(18)13-4-2-6-17-7-3-5-15(12,13)16(17,19)10-11/h9,11,13,19H,2-8,10H2,1H3/t11-,13-,15+,16+/m1/s1. The molecule has 3 heteroatoms. The summed E-state index contributed by atoms with van der Waals surface area (Å²) >= 11 is 0. The minimum Gasteiger partial charge on any atom is -0.375 e. The molecule has 4 aliphatic rings. The summed E-state index contributed by atoms with van der Waals surface area (Å²) in [5.74, 6) is 0.839. The Kier molecular flexibility index (Phi) is 2.36. The van der Waals surface area contributed by atoms with Crippen molar-refractivity contribution in [1.82, 2.24) is 4.90 Å².